The fourth-order valence-corrected chi connectivity index (χ4v) is 4.40. The van der Waals surface area contributed by atoms with Crippen LogP contribution in [0.2, 0.25) is 0 Å². The largest absolute Gasteiger partial charge is 0.359 e. The van der Waals surface area contributed by atoms with Gasteiger partial charge in [0.1, 0.15) is 17.3 Å². The van der Waals surface area contributed by atoms with Crippen molar-refractivity contribution in [3.63, 3.8) is 0 Å². The van der Waals surface area contributed by atoms with Crippen LogP contribution >= 0.6 is 0 Å². The van der Waals surface area contributed by atoms with Crippen molar-refractivity contribution in [2.24, 2.45) is 0 Å². The summed E-state index contributed by atoms with van der Waals surface area (Å²) in [6.07, 6.45) is 1.88. The quantitative estimate of drug-likeness (QED) is 0.681. The lowest BCUT2D eigenvalue weighted by Crippen LogP contribution is -2.63. The number of nitrogens with one attached hydrogen (secondary N) is 2. The number of urea groups is 1. The lowest BCUT2D eigenvalue weighted by Gasteiger charge is -2.42. The number of likely N-dealkylation sites (tertiary alicyclic amines) is 1. The fraction of sp³-hybridized carbons (Fsp3) is 0.364. The zero-order valence-electron chi connectivity index (χ0n) is 17.1. The van der Waals surface area contributed by atoms with Crippen molar-refractivity contribution in [1.82, 2.24) is 10.2 Å². The predicted molar refractivity (Wildman–Crippen MR) is 111 cm³/mol. The molecule has 0 spiro atoms. The van der Waals surface area contributed by atoms with Gasteiger partial charge < -0.3 is 15.7 Å². The molecule has 4 rings (SSSR count). The van der Waals surface area contributed by atoms with E-state index in [2.05, 4.69) is 15.5 Å². The fourth-order valence-electron chi connectivity index (χ4n) is 4.40. The van der Waals surface area contributed by atoms with E-state index in [0.29, 0.717) is 4.90 Å². The first kappa shape index (κ1) is 21.2. The van der Waals surface area contributed by atoms with Crippen molar-refractivity contribution < 1.29 is 23.5 Å². The monoisotopic (exact) mass is 430 g/mol. The third kappa shape index (κ3) is 3.53. The minimum Gasteiger partial charge on any atom is -0.359 e. The summed E-state index contributed by atoms with van der Waals surface area (Å²) in [5, 5.41) is 16.8. The van der Waals surface area contributed by atoms with E-state index in [-0.39, 0.29) is 23.8 Å². The summed E-state index contributed by atoms with van der Waals surface area (Å²) in [6.45, 7) is 4.01. The van der Waals surface area contributed by atoms with Crippen molar-refractivity contribution in [3.8, 4) is 0 Å². The van der Waals surface area contributed by atoms with Crippen molar-refractivity contribution in [3.05, 3.63) is 59.7 Å². The van der Waals surface area contributed by atoms with Gasteiger partial charge in [0.2, 0.25) is 0 Å². The first-order valence-corrected chi connectivity index (χ1v) is 10.3. The number of rotatable bonds is 5. The van der Waals surface area contributed by atoms with Crippen LogP contribution in [0.4, 0.5) is 25.0 Å². The molecule has 3 amide bonds. The van der Waals surface area contributed by atoms with Gasteiger partial charge in [0.25, 0.3) is 11.6 Å². The Morgan fingerprint density at radius 2 is 1.94 bits per heavy atom. The molecule has 2 aliphatic rings. The van der Waals surface area contributed by atoms with Gasteiger partial charge in [-0.1, -0.05) is 31.2 Å². The van der Waals surface area contributed by atoms with E-state index in [0.717, 1.165) is 44.1 Å². The zero-order valence-corrected chi connectivity index (χ0v) is 17.1. The average molecular weight is 430 g/mol. The van der Waals surface area contributed by atoms with E-state index in [1.807, 2.05) is 6.92 Å². The highest BCUT2D eigenvalue weighted by molar-refractivity contribution is 6.12. The summed E-state index contributed by atoms with van der Waals surface area (Å²) >= 11 is 0. The maximum atomic E-state index is 14.6. The number of amides is 3. The molecule has 0 unspecified atom stereocenters. The van der Waals surface area contributed by atoms with Crippen LogP contribution in [0.5, 0.6) is 0 Å². The molecule has 1 fully saturated rings. The van der Waals surface area contributed by atoms with E-state index in [1.54, 1.807) is 12.1 Å². The molecule has 2 atom stereocenters. The molecule has 0 aromatic heterocycles. The number of aliphatic hydroxyl groups is 1. The molecule has 2 aromatic carbocycles. The number of hydrogen-bond donors (Lipinski definition) is 3. The van der Waals surface area contributed by atoms with Crippen LogP contribution in [0.15, 0.2) is 42.5 Å². The third-order valence-electron chi connectivity index (χ3n) is 5.95. The Balaban J connectivity index is 1.76. The van der Waals surface area contributed by atoms with Gasteiger partial charge in [0, 0.05) is 18.2 Å². The van der Waals surface area contributed by atoms with E-state index >= 15 is 0 Å². The number of anilines is 2. The molecule has 0 aliphatic carbocycles. The standard InChI is InChI=1S/C22H24F2N4O3/c1-2-27-12-6-7-14(27)13-25-20(29)22(31)15-8-3-4-11-18(15)26-21(30)28(22)19-16(23)9-5-10-17(19)24/h3-5,8-11,14,31H,2,6-7,12-13H2,1H3,(H,25,29)(H,26,30)/t14-,22-/m0/s1. The molecule has 2 aliphatic heterocycles. The average Bonchev–Trinajstić information content (AvgIpc) is 3.21. The summed E-state index contributed by atoms with van der Waals surface area (Å²) < 4.78 is 29.2. The lowest BCUT2D eigenvalue weighted by molar-refractivity contribution is -0.140. The lowest BCUT2D eigenvalue weighted by atomic mass is 9.94. The maximum Gasteiger partial charge on any atom is 0.329 e. The van der Waals surface area contributed by atoms with Gasteiger partial charge in [-0.25, -0.2) is 18.5 Å². The minimum atomic E-state index is -2.64. The number of carbonyl (C=O) groups is 2. The molecule has 0 radical (unpaired) electrons. The summed E-state index contributed by atoms with van der Waals surface area (Å²) in [4.78, 5) is 28.9. The zero-order chi connectivity index (χ0) is 22.2. The van der Waals surface area contributed by atoms with Crippen LogP contribution in [0.1, 0.15) is 25.3 Å². The van der Waals surface area contributed by atoms with Crippen LogP contribution in [-0.4, -0.2) is 47.6 Å². The Kier molecular flexibility index (Phi) is 5.63. The Morgan fingerprint density at radius 3 is 2.65 bits per heavy atom. The topological polar surface area (TPSA) is 84.9 Å². The summed E-state index contributed by atoms with van der Waals surface area (Å²) in [7, 11) is 0. The smallest absolute Gasteiger partial charge is 0.329 e. The van der Waals surface area contributed by atoms with Gasteiger partial charge in [0.05, 0.1) is 5.69 Å². The van der Waals surface area contributed by atoms with E-state index < -0.39 is 35.0 Å². The van der Waals surface area contributed by atoms with Gasteiger partial charge in [-0.05, 0) is 44.1 Å². The number of hydrogen-bond acceptors (Lipinski definition) is 4. The van der Waals surface area contributed by atoms with E-state index in [4.69, 9.17) is 0 Å². The predicted octanol–water partition coefficient (Wildman–Crippen LogP) is 2.76. The molecule has 7 nitrogen and oxygen atoms in total. The SMILES string of the molecule is CCN1CCC[C@H]1CNC(=O)[C@@]1(O)c2ccccc2NC(=O)N1c1c(F)cccc1F. The van der Waals surface area contributed by atoms with Crippen molar-refractivity contribution in [1.29, 1.82) is 0 Å². The first-order chi connectivity index (χ1) is 14.9. The molecule has 2 aromatic rings. The van der Waals surface area contributed by atoms with Crippen LogP contribution in [0, 0.1) is 11.6 Å². The number of nitrogens with zero attached hydrogens (tertiary/aromatic N) is 2. The molecule has 1 saturated heterocycles. The number of para-hydroxylation sites is 2. The van der Waals surface area contributed by atoms with Crippen LogP contribution < -0.4 is 15.5 Å². The summed E-state index contributed by atoms with van der Waals surface area (Å²) in [5.74, 6) is -3.08. The van der Waals surface area contributed by atoms with Gasteiger partial charge in [-0.3, -0.25) is 9.69 Å². The summed E-state index contributed by atoms with van der Waals surface area (Å²) in [6, 6.07) is 8.27. The number of halogens is 2. The van der Waals surface area contributed by atoms with E-state index in [1.165, 1.54) is 12.1 Å². The second-order valence-electron chi connectivity index (χ2n) is 7.69. The van der Waals surface area contributed by atoms with Crippen molar-refractivity contribution >= 4 is 23.3 Å². The van der Waals surface area contributed by atoms with Crippen molar-refractivity contribution in [2.75, 3.05) is 29.9 Å². The molecule has 2 heterocycles. The summed E-state index contributed by atoms with van der Waals surface area (Å²) in [5.41, 5.74) is -3.23. The molecule has 31 heavy (non-hydrogen) atoms. The van der Waals surface area contributed by atoms with Crippen LogP contribution in [0.3, 0.4) is 0 Å². The second kappa shape index (κ2) is 8.24. The first-order valence-electron chi connectivity index (χ1n) is 10.3. The number of carbonyl (C=O) groups excluding carboxylic acids is 2. The minimum absolute atomic E-state index is 0.0218. The molecular formula is C22H24F2N4O3. The molecule has 9 heteroatoms. The van der Waals surface area contributed by atoms with Crippen molar-refractivity contribution in [2.45, 2.75) is 31.5 Å². The number of fused-ring (bicyclic) bond motifs is 1. The van der Waals surface area contributed by atoms with E-state index in [9.17, 15) is 23.5 Å². The highest BCUT2D eigenvalue weighted by atomic mass is 19.1. The van der Waals surface area contributed by atoms with Gasteiger partial charge in [-0.15, -0.1) is 0 Å². The second-order valence-corrected chi connectivity index (χ2v) is 7.69. The van der Waals surface area contributed by atoms with Crippen LogP contribution in [0.25, 0.3) is 0 Å². The molecule has 0 saturated carbocycles. The maximum absolute atomic E-state index is 14.6. The Hall–Kier alpha value is -3.04. The number of benzene rings is 2. The molecule has 0 bridgehead atoms. The highest BCUT2D eigenvalue weighted by Crippen LogP contribution is 2.41. The molecule has 3 N–H and O–H groups in total. The van der Waals surface area contributed by atoms with Crippen LogP contribution in [-0.2, 0) is 10.5 Å². The Bertz CT molecular complexity index is 998. The molecule has 164 valence electrons. The highest BCUT2D eigenvalue weighted by Gasteiger charge is 2.53. The van der Waals surface area contributed by atoms with Gasteiger partial charge in [-0.2, -0.15) is 0 Å². The Labute approximate surface area is 178 Å². The van der Waals surface area contributed by atoms with Gasteiger partial charge >= 0.3 is 6.03 Å². The Morgan fingerprint density at radius 1 is 1.23 bits per heavy atom. The third-order valence-corrected chi connectivity index (χ3v) is 5.95. The van der Waals surface area contributed by atoms with Gasteiger partial charge in [0.15, 0.2) is 0 Å². The molecular weight excluding hydrogens is 406 g/mol. The normalized spacial score (nSPS) is 23.4. The number of likely N-dealkylation sites (N-methyl/N-ethyl adjacent to an activating group) is 1.